The number of hydrogen-bond donors (Lipinski definition) is 3. The number of aromatic nitrogens is 2. The molecule has 0 saturated carbocycles. The number of benzene rings is 1. The van der Waals surface area contributed by atoms with Gasteiger partial charge in [-0.05, 0) is 12.1 Å². The number of carboxylic acids is 1. The van der Waals surface area contributed by atoms with Gasteiger partial charge in [0.2, 0.25) is 10.0 Å². The summed E-state index contributed by atoms with van der Waals surface area (Å²) in [4.78, 5) is 11.0. The summed E-state index contributed by atoms with van der Waals surface area (Å²) in [5.74, 6) is -1.28. The number of nitrogen functional groups attached to an aromatic ring is 1. The minimum absolute atomic E-state index is 0.00807. The number of rotatable bonds is 5. The van der Waals surface area contributed by atoms with Gasteiger partial charge in [-0.2, -0.15) is 5.10 Å². The number of hydrogen-bond acceptors (Lipinski definition) is 5. The van der Waals surface area contributed by atoms with Crippen LogP contribution in [-0.2, 0) is 10.0 Å². The minimum Gasteiger partial charge on any atom is -0.476 e. The van der Waals surface area contributed by atoms with E-state index < -0.39 is 16.0 Å². The number of nitrogens with two attached hydrogens (primary N) is 1. The van der Waals surface area contributed by atoms with Crippen LogP contribution in [-0.4, -0.2) is 35.8 Å². The van der Waals surface area contributed by atoms with Crippen molar-refractivity contribution < 1.29 is 18.3 Å². The summed E-state index contributed by atoms with van der Waals surface area (Å²) >= 11 is 0. The van der Waals surface area contributed by atoms with Crippen molar-refractivity contribution in [2.24, 2.45) is 0 Å². The predicted molar refractivity (Wildman–Crippen MR) is 75.8 cm³/mol. The van der Waals surface area contributed by atoms with E-state index in [0.29, 0.717) is 0 Å². The maximum atomic E-state index is 12.2. The van der Waals surface area contributed by atoms with Crippen molar-refractivity contribution in [2.45, 2.75) is 11.8 Å². The standard InChI is InChI=1S/C12H14N4O4S/c1-2-14-21(19,20)10-6-4-3-5-9(10)16-7-8(13)11(15-16)12(17)18/h3-7,14H,2,13H2,1H3,(H,17,18). The minimum atomic E-state index is -3.71. The van der Waals surface area contributed by atoms with Gasteiger partial charge in [-0.15, -0.1) is 0 Å². The Labute approximate surface area is 121 Å². The van der Waals surface area contributed by atoms with Gasteiger partial charge in [-0.3, -0.25) is 0 Å². The largest absolute Gasteiger partial charge is 0.476 e. The fourth-order valence-corrected chi connectivity index (χ4v) is 3.05. The van der Waals surface area contributed by atoms with Gasteiger partial charge < -0.3 is 10.8 Å². The van der Waals surface area contributed by atoms with Gasteiger partial charge in [-0.1, -0.05) is 19.1 Å². The number of nitrogens with zero attached hydrogens (tertiary/aromatic N) is 2. The molecule has 0 aliphatic heterocycles. The van der Waals surface area contributed by atoms with E-state index in [9.17, 15) is 13.2 Å². The first-order valence-electron chi connectivity index (χ1n) is 6.04. The summed E-state index contributed by atoms with van der Waals surface area (Å²) in [5, 5.41) is 12.8. The SMILES string of the molecule is CCNS(=O)(=O)c1ccccc1-n1cc(N)c(C(=O)O)n1. The van der Waals surface area contributed by atoms with Gasteiger partial charge in [0.15, 0.2) is 5.69 Å². The summed E-state index contributed by atoms with van der Waals surface area (Å²) in [6.45, 7) is 1.90. The lowest BCUT2D eigenvalue weighted by Gasteiger charge is -2.10. The number of sulfonamides is 1. The Morgan fingerprint density at radius 3 is 2.67 bits per heavy atom. The second kappa shape index (κ2) is 5.54. The van der Waals surface area contributed by atoms with Crippen LogP contribution in [0.1, 0.15) is 17.4 Å². The molecule has 0 saturated heterocycles. The van der Waals surface area contributed by atoms with Crippen LogP contribution in [0.5, 0.6) is 0 Å². The smallest absolute Gasteiger partial charge is 0.358 e. The van der Waals surface area contributed by atoms with E-state index in [4.69, 9.17) is 10.8 Å². The van der Waals surface area contributed by atoms with Crippen LogP contribution in [0, 0.1) is 0 Å². The van der Waals surface area contributed by atoms with E-state index in [1.54, 1.807) is 19.1 Å². The van der Waals surface area contributed by atoms with E-state index in [1.807, 2.05) is 0 Å². The van der Waals surface area contributed by atoms with E-state index in [0.717, 1.165) is 4.68 Å². The number of para-hydroxylation sites is 1. The molecule has 0 spiro atoms. The lowest BCUT2D eigenvalue weighted by atomic mass is 10.3. The summed E-state index contributed by atoms with van der Waals surface area (Å²) in [6, 6.07) is 6.12. The highest BCUT2D eigenvalue weighted by Gasteiger charge is 2.21. The molecule has 9 heteroatoms. The molecule has 112 valence electrons. The summed E-state index contributed by atoms with van der Waals surface area (Å²) in [7, 11) is -3.71. The van der Waals surface area contributed by atoms with Gasteiger partial charge in [0, 0.05) is 6.54 Å². The first-order chi connectivity index (χ1) is 9.86. The first kappa shape index (κ1) is 15.0. The zero-order valence-corrected chi connectivity index (χ0v) is 12.0. The average Bonchev–Trinajstić information content (AvgIpc) is 2.81. The van der Waals surface area contributed by atoms with Crippen LogP contribution >= 0.6 is 0 Å². The lowest BCUT2D eigenvalue weighted by Crippen LogP contribution is -2.24. The number of anilines is 1. The molecule has 1 heterocycles. The molecule has 21 heavy (non-hydrogen) atoms. The van der Waals surface area contributed by atoms with Crippen LogP contribution in [0.25, 0.3) is 5.69 Å². The van der Waals surface area contributed by atoms with Crippen molar-refractivity contribution >= 4 is 21.7 Å². The molecule has 8 nitrogen and oxygen atoms in total. The molecule has 0 fully saturated rings. The molecular weight excluding hydrogens is 296 g/mol. The molecule has 2 aromatic rings. The highest BCUT2D eigenvalue weighted by Crippen LogP contribution is 2.21. The Bertz CT molecular complexity index is 782. The Balaban J connectivity index is 2.61. The summed E-state index contributed by atoms with van der Waals surface area (Å²) in [5.41, 5.74) is 5.42. The molecule has 0 radical (unpaired) electrons. The predicted octanol–water partition coefficient (Wildman–Crippen LogP) is 0.451. The van der Waals surface area contributed by atoms with E-state index >= 15 is 0 Å². The molecule has 0 unspecified atom stereocenters. The topological polar surface area (TPSA) is 127 Å². The van der Waals surface area contributed by atoms with Crippen LogP contribution in [0.15, 0.2) is 35.4 Å². The molecule has 0 aliphatic rings. The zero-order valence-electron chi connectivity index (χ0n) is 11.1. The average molecular weight is 310 g/mol. The Kier molecular flexibility index (Phi) is 3.96. The van der Waals surface area contributed by atoms with Gasteiger partial charge >= 0.3 is 5.97 Å². The fourth-order valence-electron chi connectivity index (χ4n) is 1.82. The Morgan fingerprint density at radius 2 is 2.10 bits per heavy atom. The second-order valence-corrected chi connectivity index (χ2v) is 5.89. The molecule has 0 aliphatic carbocycles. The normalized spacial score (nSPS) is 11.5. The van der Waals surface area contributed by atoms with Crippen molar-refractivity contribution in [1.29, 1.82) is 0 Å². The highest BCUT2D eigenvalue weighted by molar-refractivity contribution is 7.89. The third kappa shape index (κ3) is 2.88. The van der Waals surface area contributed by atoms with E-state index in [2.05, 4.69) is 9.82 Å². The lowest BCUT2D eigenvalue weighted by molar-refractivity contribution is 0.0691. The quantitative estimate of drug-likeness (QED) is 0.735. The number of carbonyl (C=O) groups is 1. The van der Waals surface area contributed by atoms with Gasteiger partial charge in [0.25, 0.3) is 0 Å². The molecule has 1 aromatic carbocycles. The Hall–Kier alpha value is -2.39. The maximum Gasteiger partial charge on any atom is 0.358 e. The van der Waals surface area contributed by atoms with Crippen LogP contribution < -0.4 is 10.5 Å². The zero-order chi connectivity index (χ0) is 15.6. The third-order valence-corrected chi connectivity index (χ3v) is 4.27. The Morgan fingerprint density at radius 1 is 1.43 bits per heavy atom. The third-order valence-electron chi connectivity index (χ3n) is 2.68. The van der Waals surface area contributed by atoms with Gasteiger partial charge in [-0.25, -0.2) is 22.6 Å². The second-order valence-electron chi connectivity index (χ2n) is 4.15. The molecule has 0 atom stereocenters. The molecule has 1 aromatic heterocycles. The van der Waals surface area contributed by atoms with Crippen molar-refractivity contribution in [1.82, 2.24) is 14.5 Å². The van der Waals surface area contributed by atoms with Crippen LogP contribution in [0.3, 0.4) is 0 Å². The molecule has 0 amide bonds. The monoisotopic (exact) mass is 310 g/mol. The molecule has 2 rings (SSSR count). The molecule has 0 bridgehead atoms. The van der Waals surface area contributed by atoms with E-state index in [-0.39, 0.29) is 28.5 Å². The molecular formula is C12H14N4O4S. The number of aromatic carboxylic acids is 1. The van der Waals surface area contributed by atoms with Crippen LogP contribution in [0.4, 0.5) is 5.69 Å². The maximum absolute atomic E-state index is 12.2. The van der Waals surface area contributed by atoms with Crippen molar-refractivity contribution in [3.63, 3.8) is 0 Å². The number of nitrogens with one attached hydrogen (secondary N) is 1. The van der Waals surface area contributed by atoms with Gasteiger partial charge in [0.1, 0.15) is 4.90 Å². The number of carboxylic acid groups (broad SMARTS) is 1. The first-order valence-corrected chi connectivity index (χ1v) is 7.52. The fraction of sp³-hybridized carbons (Fsp3) is 0.167. The van der Waals surface area contributed by atoms with Crippen LogP contribution in [0.2, 0.25) is 0 Å². The summed E-state index contributed by atoms with van der Waals surface area (Å²) < 4.78 is 27.8. The molecule has 4 N–H and O–H groups in total. The van der Waals surface area contributed by atoms with Crippen molar-refractivity contribution in [2.75, 3.05) is 12.3 Å². The van der Waals surface area contributed by atoms with Crippen molar-refractivity contribution in [3.05, 3.63) is 36.2 Å². The van der Waals surface area contributed by atoms with E-state index in [1.165, 1.54) is 18.3 Å². The van der Waals surface area contributed by atoms with Gasteiger partial charge in [0.05, 0.1) is 17.6 Å². The van der Waals surface area contributed by atoms with Crippen molar-refractivity contribution in [3.8, 4) is 5.69 Å². The summed E-state index contributed by atoms with van der Waals surface area (Å²) in [6.07, 6.45) is 1.27. The highest BCUT2D eigenvalue weighted by atomic mass is 32.2.